The maximum absolute atomic E-state index is 13.1. The monoisotopic (exact) mass is 464 g/mol. The van der Waals surface area contributed by atoms with E-state index >= 15 is 0 Å². The van der Waals surface area contributed by atoms with Crippen LogP contribution in [0.15, 0.2) is 12.1 Å². The molecule has 32 heavy (non-hydrogen) atoms. The Bertz CT molecular complexity index is 973. The van der Waals surface area contributed by atoms with Crippen LogP contribution in [0.25, 0.3) is 0 Å². The van der Waals surface area contributed by atoms with Gasteiger partial charge in [-0.15, -0.1) is 11.3 Å². The van der Waals surface area contributed by atoms with E-state index in [2.05, 4.69) is 5.32 Å². The van der Waals surface area contributed by atoms with E-state index in [0.717, 1.165) is 11.3 Å². The van der Waals surface area contributed by atoms with Gasteiger partial charge < -0.3 is 30.0 Å². The van der Waals surface area contributed by atoms with Gasteiger partial charge in [0.1, 0.15) is 9.88 Å². The number of hydrogen-bond acceptors (Lipinski definition) is 8. The highest BCUT2D eigenvalue weighted by Gasteiger charge is 2.26. The lowest BCUT2D eigenvalue weighted by Crippen LogP contribution is -2.18. The van der Waals surface area contributed by atoms with Gasteiger partial charge in [0.2, 0.25) is 5.75 Å². The van der Waals surface area contributed by atoms with Crippen LogP contribution in [0, 0.1) is 6.92 Å². The number of benzene rings is 1. The van der Waals surface area contributed by atoms with Gasteiger partial charge in [-0.2, -0.15) is 0 Å². The van der Waals surface area contributed by atoms with Gasteiger partial charge in [-0.25, -0.2) is 4.79 Å². The molecule has 0 bridgehead atoms. The second-order valence-corrected chi connectivity index (χ2v) is 7.42. The van der Waals surface area contributed by atoms with Crippen molar-refractivity contribution in [2.75, 3.05) is 31.7 Å². The molecule has 0 aliphatic rings. The van der Waals surface area contributed by atoms with E-state index in [1.54, 1.807) is 13.8 Å². The van der Waals surface area contributed by atoms with E-state index in [9.17, 15) is 14.4 Å². The van der Waals surface area contributed by atoms with E-state index in [1.165, 1.54) is 12.1 Å². The van der Waals surface area contributed by atoms with Gasteiger partial charge >= 0.3 is 5.97 Å². The van der Waals surface area contributed by atoms with Gasteiger partial charge in [0.15, 0.2) is 11.5 Å². The van der Waals surface area contributed by atoms with Crippen molar-refractivity contribution in [3.05, 3.63) is 33.7 Å². The molecule has 0 atom stereocenters. The molecule has 2 aromatic rings. The predicted octanol–water partition coefficient (Wildman–Crippen LogP) is 3.78. The highest BCUT2D eigenvalue weighted by Crippen LogP contribution is 2.40. The standard InChI is InChI=1S/C22H28N2O7S/c1-6-28-14-10-13(11-15(29-7-2)17(14)30-8-3)20(26)24-21-16(19(23)25)12(5)18(32-21)22(27)31-9-4/h10-11H,6-9H2,1-5H3,(H2,23,25)(H,24,26). The number of amides is 2. The molecule has 1 aromatic carbocycles. The van der Waals surface area contributed by atoms with Crippen LogP contribution in [0.4, 0.5) is 5.00 Å². The SMILES string of the molecule is CCOC(=O)c1sc(NC(=O)c2cc(OCC)c(OCC)c(OCC)c2)c(C(N)=O)c1C. The Morgan fingerprint density at radius 3 is 1.97 bits per heavy atom. The van der Waals surface area contributed by atoms with Crippen molar-refractivity contribution >= 4 is 34.1 Å². The van der Waals surface area contributed by atoms with Crippen LogP contribution in [-0.4, -0.2) is 44.2 Å². The van der Waals surface area contributed by atoms with Crippen molar-refractivity contribution in [2.24, 2.45) is 5.73 Å². The number of hydrogen-bond donors (Lipinski definition) is 2. The van der Waals surface area contributed by atoms with E-state index in [0.29, 0.717) is 42.6 Å². The van der Waals surface area contributed by atoms with Gasteiger partial charge in [0.05, 0.1) is 32.0 Å². The van der Waals surface area contributed by atoms with E-state index < -0.39 is 17.8 Å². The Morgan fingerprint density at radius 2 is 1.50 bits per heavy atom. The lowest BCUT2D eigenvalue weighted by atomic mass is 10.1. The highest BCUT2D eigenvalue weighted by molar-refractivity contribution is 7.18. The molecule has 174 valence electrons. The number of nitrogens with one attached hydrogen (secondary N) is 1. The summed E-state index contributed by atoms with van der Waals surface area (Å²) in [7, 11) is 0. The van der Waals surface area contributed by atoms with E-state index in [1.807, 2.05) is 20.8 Å². The number of rotatable bonds is 11. The fraction of sp³-hybridized carbons (Fsp3) is 0.409. The summed E-state index contributed by atoms with van der Waals surface area (Å²) in [6.45, 7) is 9.99. The normalized spacial score (nSPS) is 10.4. The molecule has 2 amide bonds. The molecule has 0 spiro atoms. The summed E-state index contributed by atoms with van der Waals surface area (Å²) < 4.78 is 22.0. The molecule has 3 N–H and O–H groups in total. The number of anilines is 1. The molecule has 0 saturated heterocycles. The van der Waals surface area contributed by atoms with Crippen molar-refractivity contribution in [3.63, 3.8) is 0 Å². The summed E-state index contributed by atoms with van der Waals surface area (Å²) >= 11 is 0.931. The van der Waals surface area contributed by atoms with Gasteiger partial charge in [-0.3, -0.25) is 9.59 Å². The summed E-state index contributed by atoms with van der Waals surface area (Å²) in [5, 5.41) is 2.84. The second kappa shape index (κ2) is 11.4. The number of carbonyl (C=O) groups is 3. The Labute approximate surface area is 190 Å². The summed E-state index contributed by atoms with van der Waals surface area (Å²) in [6.07, 6.45) is 0. The van der Waals surface area contributed by atoms with Crippen molar-refractivity contribution in [2.45, 2.75) is 34.6 Å². The van der Waals surface area contributed by atoms with Gasteiger partial charge in [-0.1, -0.05) is 0 Å². The minimum absolute atomic E-state index is 0.0624. The Hall–Kier alpha value is -3.27. The Balaban J connectivity index is 2.49. The van der Waals surface area contributed by atoms with Crippen LogP contribution in [-0.2, 0) is 4.74 Å². The Kier molecular flexibility index (Phi) is 8.89. The largest absolute Gasteiger partial charge is 0.490 e. The summed E-state index contributed by atoms with van der Waals surface area (Å²) in [4.78, 5) is 37.5. The molecule has 0 unspecified atom stereocenters. The molecule has 0 fully saturated rings. The minimum atomic E-state index is -0.763. The van der Waals surface area contributed by atoms with Crippen molar-refractivity contribution in [1.82, 2.24) is 0 Å². The zero-order chi connectivity index (χ0) is 23.8. The molecule has 10 heteroatoms. The molecule has 0 aliphatic heterocycles. The average Bonchev–Trinajstić information content (AvgIpc) is 3.06. The number of carbonyl (C=O) groups excluding carboxylic acids is 3. The molecular formula is C22H28N2O7S. The molecule has 2 rings (SSSR count). The average molecular weight is 465 g/mol. The molecule has 0 aliphatic carbocycles. The maximum atomic E-state index is 13.1. The number of thiophene rings is 1. The molecule has 1 heterocycles. The first-order valence-electron chi connectivity index (χ1n) is 10.3. The van der Waals surface area contributed by atoms with E-state index in [-0.39, 0.29) is 27.6 Å². The second-order valence-electron chi connectivity index (χ2n) is 6.40. The van der Waals surface area contributed by atoms with Gasteiger partial charge in [-0.05, 0) is 52.3 Å². The number of ether oxygens (including phenoxy) is 4. The molecule has 1 aromatic heterocycles. The van der Waals surface area contributed by atoms with Crippen LogP contribution in [0.5, 0.6) is 17.2 Å². The first-order valence-corrected chi connectivity index (χ1v) is 11.1. The summed E-state index contributed by atoms with van der Waals surface area (Å²) in [5.41, 5.74) is 6.14. The van der Waals surface area contributed by atoms with Crippen molar-refractivity contribution in [3.8, 4) is 17.2 Å². The highest BCUT2D eigenvalue weighted by atomic mass is 32.1. The van der Waals surface area contributed by atoms with Crippen LogP contribution < -0.4 is 25.3 Å². The predicted molar refractivity (Wildman–Crippen MR) is 121 cm³/mol. The van der Waals surface area contributed by atoms with Crippen molar-refractivity contribution < 1.29 is 33.3 Å². The number of esters is 1. The lowest BCUT2D eigenvalue weighted by Gasteiger charge is -2.17. The maximum Gasteiger partial charge on any atom is 0.348 e. The fourth-order valence-corrected chi connectivity index (χ4v) is 4.09. The smallest absolute Gasteiger partial charge is 0.348 e. The Morgan fingerprint density at radius 1 is 0.938 bits per heavy atom. The van der Waals surface area contributed by atoms with E-state index in [4.69, 9.17) is 24.7 Å². The summed E-state index contributed by atoms with van der Waals surface area (Å²) in [5.74, 6) is -0.765. The third kappa shape index (κ3) is 5.50. The number of primary amides is 1. The van der Waals surface area contributed by atoms with Crippen molar-refractivity contribution in [1.29, 1.82) is 0 Å². The minimum Gasteiger partial charge on any atom is -0.490 e. The third-order valence-corrected chi connectivity index (χ3v) is 5.44. The van der Waals surface area contributed by atoms with Gasteiger partial charge in [0, 0.05) is 5.56 Å². The lowest BCUT2D eigenvalue weighted by molar-refractivity contribution is 0.0531. The van der Waals surface area contributed by atoms with Crippen LogP contribution >= 0.6 is 11.3 Å². The zero-order valence-corrected chi connectivity index (χ0v) is 19.6. The fourth-order valence-electron chi connectivity index (χ4n) is 2.98. The molecule has 9 nitrogen and oxygen atoms in total. The van der Waals surface area contributed by atoms with Crippen LogP contribution in [0.3, 0.4) is 0 Å². The molecule has 0 radical (unpaired) electrons. The summed E-state index contributed by atoms with van der Waals surface area (Å²) in [6, 6.07) is 3.06. The number of nitrogens with two attached hydrogens (primary N) is 1. The van der Waals surface area contributed by atoms with Crippen LogP contribution in [0.2, 0.25) is 0 Å². The first-order chi connectivity index (χ1) is 15.3. The molecule has 0 saturated carbocycles. The zero-order valence-electron chi connectivity index (χ0n) is 18.8. The first kappa shape index (κ1) is 25.0. The topological polar surface area (TPSA) is 126 Å². The molecular weight excluding hydrogens is 436 g/mol. The third-order valence-electron chi connectivity index (χ3n) is 4.25. The quantitative estimate of drug-likeness (QED) is 0.485. The van der Waals surface area contributed by atoms with Crippen LogP contribution in [0.1, 0.15) is 63.6 Å². The van der Waals surface area contributed by atoms with Gasteiger partial charge in [0.25, 0.3) is 11.8 Å².